The fraction of sp³-hybridized carbons (Fsp3) is 0.176. The molecule has 0 aromatic carbocycles. The third-order valence-electron chi connectivity index (χ3n) is 3.40. The highest BCUT2D eigenvalue weighted by atomic mass is 32.1. The van der Waals surface area contributed by atoms with Crippen molar-refractivity contribution < 1.29 is 14.7 Å². The number of hydrogen-bond donors (Lipinski definition) is 2. The Kier molecular flexibility index (Phi) is 5.52. The number of carboxylic acids is 1. The van der Waals surface area contributed by atoms with Crippen molar-refractivity contribution in [1.29, 1.82) is 0 Å². The van der Waals surface area contributed by atoms with Gasteiger partial charge in [0.1, 0.15) is 5.01 Å². The van der Waals surface area contributed by atoms with Gasteiger partial charge in [-0.05, 0) is 23.6 Å². The summed E-state index contributed by atoms with van der Waals surface area (Å²) in [6, 6.07) is 6.88. The van der Waals surface area contributed by atoms with E-state index in [1.807, 2.05) is 35.0 Å². The van der Waals surface area contributed by atoms with Gasteiger partial charge in [0.05, 0.1) is 24.6 Å². The Hall–Kier alpha value is -2.58. The number of carboxylic acid groups (broad SMARTS) is 1. The summed E-state index contributed by atoms with van der Waals surface area (Å²) in [6.07, 6.45) is 3.38. The highest BCUT2D eigenvalue weighted by Crippen LogP contribution is 2.24. The van der Waals surface area contributed by atoms with Gasteiger partial charge >= 0.3 is 5.97 Å². The van der Waals surface area contributed by atoms with Gasteiger partial charge in [0, 0.05) is 28.2 Å². The fourth-order valence-electron chi connectivity index (χ4n) is 2.31. The molecule has 0 aliphatic rings. The zero-order chi connectivity index (χ0) is 17.6. The first-order chi connectivity index (χ1) is 12.1. The van der Waals surface area contributed by atoms with Crippen molar-refractivity contribution >= 4 is 34.6 Å². The molecule has 3 rings (SSSR count). The molecule has 0 saturated heterocycles. The molecule has 0 aliphatic carbocycles. The number of nitrogens with one attached hydrogen (secondary N) is 1. The van der Waals surface area contributed by atoms with Crippen LogP contribution in [0.5, 0.6) is 0 Å². The van der Waals surface area contributed by atoms with Gasteiger partial charge in [0.2, 0.25) is 5.91 Å². The number of thiazole rings is 1. The van der Waals surface area contributed by atoms with Gasteiger partial charge in [0.15, 0.2) is 0 Å². The van der Waals surface area contributed by atoms with Crippen LogP contribution in [-0.2, 0) is 16.0 Å². The number of nitrogens with zero attached hydrogens (tertiary/aromatic N) is 2. The van der Waals surface area contributed by atoms with Crippen molar-refractivity contribution in [2.45, 2.75) is 18.9 Å². The SMILES string of the molecule is O=C(O)C[C@@H](NC(=O)Cc1csc(-c2cccnc2)n1)c1cccs1. The Morgan fingerprint density at radius 1 is 1.24 bits per heavy atom. The molecule has 0 saturated carbocycles. The summed E-state index contributed by atoms with van der Waals surface area (Å²) < 4.78 is 0. The molecule has 1 amide bonds. The predicted molar refractivity (Wildman–Crippen MR) is 96.5 cm³/mol. The maximum Gasteiger partial charge on any atom is 0.305 e. The summed E-state index contributed by atoms with van der Waals surface area (Å²) in [7, 11) is 0. The molecule has 6 nitrogen and oxygen atoms in total. The summed E-state index contributed by atoms with van der Waals surface area (Å²) >= 11 is 2.87. The van der Waals surface area contributed by atoms with E-state index in [1.165, 1.54) is 22.7 Å². The zero-order valence-electron chi connectivity index (χ0n) is 13.1. The lowest BCUT2D eigenvalue weighted by Crippen LogP contribution is -2.31. The van der Waals surface area contributed by atoms with Crippen molar-refractivity contribution in [2.24, 2.45) is 0 Å². The van der Waals surface area contributed by atoms with Crippen molar-refractivity contribution in [2.75, 3.05) is 0 Å². The monoisotopic (exact) mass is 373 g/mol. The molecule has 25 heavy (non-hydrogen) atoms. The van der Waals surface area contributed by atoms with Gasteiger partial charge in [0.25, 0.3) is 0 Å². The molecular formula is C17H15N3O3S2. The Balaban J connectivity index is 1.65. The van der Waals surface area contributed by atoms with Crippen molar-refractivity contribution in [3.05, 3.63) is 58.0 Å². The van der Waals surface area contributed by atoms with E-state index in [2.05, 4.69) is 15.3 Å². The third-order valence-corrected chi connectivity index (χ3v) is 5.33. The van der Waals surface area contributed by atoms with Crippen LogP contribution in [-0.4, -0.2) is 27.0 Å². The van der Waals surface area contributed by atoms with E-state index in [-0.39, 0.29) is 18.7 Å². The van der Waals surface area contributed by atoms with E-state index in [9.17, 15) is 9.59 Å². The van der Waals surface area contributed by atoms with Gasteiger partial charge in [-0.3, -0.25) is 14.6 Å². The smallest absolute Gasteiger partial charge is 0.305 e. The number of pyridine rings is 1. The highest BCUT2D eigenvalue weighted by Gasteiger charge is 2.19. The molecule has 3 aromatic rings. The van der Waals surface area contributed by atoms with Crippen molar-refractivity contribution in [1.82, 2.24) is 15.3 Å². The molecule has 2 N–H and O–H groups in total. The summed E-state index contributed by atoms with van der Waals surface area (Å²) in [5, 5.41) is 16.3. The normalized spacial score (nSPS) is 11.8. The van der Waals surface area contributed by atoms with E-state index in [1.54, 1.807) is 12.4 Å². The first-order valence-electron chi connectivity index (χ1n) is 7.51. The second-order valence-electron chi connectivity index (χ2n) is 5.30. The summed E-state index contributed by atoms with van der Waals surface area (Å²) in [5.41, 5.74) is 1.56. The lowest BCUT2D eigenvalue weighted by atomic mass is 10.1. The zero-order valence-corrected chi connectivity index (χ0v) is 14.7. The average Bonchev–Trinajstić information content (AvgIpc) is 3.26. The first-order valence-corrected chi connectivity index (χ1v) is 9.27. The number of amides is 1. The second kappa shape index (κ2) is 8.00. The minimum Gasteiger partial charge on any atom is -0.481 e. The van der Waals surface area contributed by atoms with Crippen LogP contribution in [0.15, 0.2) is 47.4 Å². The Morgan fingerprint density at radius 3 is 2.80 bits per heavy atom. The largest absolute Gasteiger partial charge is 0.481 e. The molecular weight excluding hydrogens is 358 g/mol. The Morgan fingerprint density at radius 2 is 2.12 bits per heavy atom. The topological polar surface area (TPSA) is 92.2 Å². The molecule has 0 spiro atoms. The predicted octanol–water partition coefficient (Wildman–Crippen LogP) is 3.14. The molecule has 3 heterocycles. The molecule has 8 heteroatoms. The van der Waals surface area contributed by atoms with Gasteiger partial charge < -0.3 is 10.4 Å². The van der Waals surface area contributed by atoms with Gasteiger partial charge in [-0.25, -0.2) is 4.98 Å². The molecule has 0 unspecified atom stereocenters. The number of carbonyl (C=O) groups excluding carboxylic acids is 1. The van der Waals surface area contributed by atoms with Crippen LogP contribution < -0.4 is 5.32 Å². The summed E-state index contributed by atoms with van der Waals surface area (Å²) in [5.74, 6) is -1.20. The third kappa shape index (κ3) is 4.71. The maximum atomic E-state index is 12.3. The van der Waals surface area contributed by atoms with Crippen LogP contribution in [0.3, 0.4) is 0 Å². The quantitative estimate of drug-likeness (QED) is 0.664. The van der Waals surface area contributed by atoms with Crippen molar-refractivity contribution in [3.63, 3.8) is 0 Å². The standard InChI is InChI=1S/C17H15N3O3S2/c21-15(20-13(8-16(22)23)14-4-2-6-24-14)7-12-10-25-17(19-12)11-3-1-5-18-9-11/h1-6,9-10,13H,7-8H2,(H,20,21)(H,22,23)/t13-/m1/s1. The van der Waals surface area contributed by atoms with Gasteiger partial charge in [-0.2, -0.15) is 0 Å². The lowest BCUT2D eigenvalue weighted by molar-refractivity contribution is -0.137. The van der Waals surface area contributed by atoms with E-state index in [0.29, 0.717) is 5.69 Å². The van der Waals surface area contributed by atoms with E-state index in [0.717, 1.165) is 15.4 Å². The molecule has 0 fully saturated rings. The summed E-state index contributed by atoms with van der Waals surface area (Å²) in [4.78, 5) is 32.7. The minimum atomic E-state index is -0.953. The van der Waals surface area contributed by atoms with E-state index < -0.39 is 12.0 Å². The average molecular weight is 373 g/mol. The first kappa shape index (κ1) is 17.2. The fourth-order valence-corrected chi connectivity index (χ4v) is 3.90. The molecule has 3 aromatic heterocycles. The van der Waals surface area contributed by atoms with Crippen LogP contribution in [0.25, 0.3) is 10.6 Å². The Bertz CT molecular complexity index is 847. The lowest BCUT2D eigenvalue weighted by Gasteiger charge is -2.15. The highest BCUT2D eigenvalue weighted by molar-refractivity contribution is 7.13. The molecule has 0 bridgehead atoms. The van der Waals surface area contributed by atoms with Crippen LogP contribution >= 0.6 is 22.7 Å². The second-order valence-corrected chi connectivity index (χ2v) is 7.13. The molecule has 0 aliphatic heterocycles. The molecule has 0 radical (unpaired) electrons. The van der Waals surface area contributed by atoms with Gasteiger partial charge in [-0.1, -0.05) is 6.07 Å². The maximum absolute atomic E-state index is 12.3. The van der Waals surface area contributed by atoms with Crippen LogP contribution in [0.2, 0.25) is 0 Å². The van der Waals surface area contributed by atoms with E-state index in [4.69, 9.17) is 5.11 Å². The number of aliphatic carboxylic acids is 1. The number of carbonyl (C=O) groups is 2. The van der Waals surface area contributed by atoms with Crippen LogP contribution in [0.1, 0.15) is 23.0 Å². The number of rotatable bonds is 7. The van der Waals surface area contributed by atoms with Crippen LogP contribution in [0.4, 0.5) is 0 Å². The number of thiophene rings is 1. The molecule has 128 valence electrons. The Labute approximate surface area is 152 Å². The van der Waals surface area contributed by atoms with Crippen LogP contribution in [0, 0.1) is 0 Å². The molecule has 1 atom stereocenters. The van der Waals surface area contributed by atoms with E-state index >= 15 is 0 Å². The summed E-state index contributed by atoms with van der Waals surface area (Å²) in [6.45, 7) is 0. The van der Waals surface area contributed by atoms with Gasteiger partial charge in [-0.15, -0.1) is 22.7 Å². The minimum absolute atomic E-state index is 0.109. The van der Waals surface area contributed by atoms with Crippen molar-refractivity contribution in [3.8, 4) is 10.6 Å². The number of aromatic nitrogens is 2. The number of hydrogen-bond acceptors (Lipinski definition) is 6.